The quantitative estimate of drug-likeness (QED) is 0.720. The Morgan fingerprint density at radius 1 is 1.24 bits per heavy atom. The fourth-order valence-electron chi connectivity index (χ4n) is 1.66. The maximum absolute atomic E-state index is 3.60. The van der Waals surface area contributed by atoms with Crippen LogP contribution in [-0.4, -0.2) is 0 Å². The van der Waals surface area contributed by atoms with E-state index in [1.165, 1.54) is 10.4 Å². The highest BCUT2D eigenvalue weighted by Crippen LogP contribution is 2.35. The van der Waals surface area contributed by atoms with Crippen molar-refractivity contribution in [3.63, 3.8) is 0 Å². The van der Waals surface area contributed by atoms with Crippen LogP contribution in [0.2, 0.25) is 0 Å². The van der Waals surface area contributed by atoms with E-state index in [2.05, 4.69) is 80.7 Å². The summed E-state index contributed by atoms with van der Waals surface area (Å²) in [6, 6.07) is 8.78. The Kier molecular flexibility index (Phi) is 4.28. The highest BCUT2D eigenvalue weighted by Gasteiger charge is 2.11. The topological polar surface area (TPSA) is 12.0 Å². The summed E-state index contributed by atoms with van der Waals surface area (Å²) in [5, 5.41) is 5.63. The molecule has 1 nitrogen and oxygen atoms in total. The minimum Gasteiger partial charge on any atom is -0.376 e. The van der Waals surface area contributed by atoms with Gasteiger partial charge in [0, 0.05) is 13.8 Å². The number of nitrogens with one attached hydrogen (secondary N) is 1. The fourth-order valence-corrected chi connectivity index (χ4v) is 4.04. The van der Waals surface area contributed by atoms with Gasteiger partial charge in [-0.05, 0) is 74.8 Å². The van der Waals surface area contributed by atoms with E-state index in [4.69, 9.17) is 0 Å². The molecule has 0 aliphatic heterocycles. The number of aryl methyl sites for hydroxylation is 1. The highest BCUT2D eigenvalue weighted by molar-refractivity contribution is 9.11. The molecule has 0 aliphatic carbocycles. The lowest BCUT2D eigenvalue weighted by Gasteiger charge is -2.17. The van der Waals surface area contributed by atoms with Crippen molar-refractivity contribution in [1.29, 1.82) is 0 Å². The number of benzene rings is 1. The van der Waals surface area contributed by atoms with E-state index in [0.29, 0.717) is 6.04 Å². The molecule has 90 valence electrons. The van der Waals surface area contributed by atoms with Gasteiger partial charge in [-0.3, -0.25) is 0 Å². The zero-order valence-corrected chi connectivity index (χ0v) is 13.6. The van der Waals surface area contributed by atoms with Gasteiger partial charge in [-0.2, -0.15) is 0 Å². The van der Waals surface area contributed by atoms with Crippen molar-refractivity contribution in [1.82, 2.24) is 0 Å². The first-order valence-corrected chi connectivity index (χ1v) is 7.80. The van der Waals surface area contributed by atoms with Gasteiger partial charge in [0.05, 0.1) is 11.7 Å². The normalized spacial score (nSPS) is 12.5. The van der Waals surface area contributed by atoms with Crippen LogP contribution in [0.3, 0.4) is 0 Å². The summed E-state index contributed by atoms with van der Waals surface area (Å²) in [5.74, 6) is 0. The maximum Gasteiger partial charge on any atom is 0.0634 e. The summed E-state index contributed by atoms with van der Waals surface area (Å²) >= 11 is 8.97. The van der Waals surface area contributed by atoms with Gasteiger partial charge in [-0.1, -0.05) is 6.07 Å². The smallest absolute Gasteiger partial charge is 0.0634 e. The Hall–Kier alpha value is -0.320. The van der Waals surface area contributed by atoms with Crippen molar-refractivity contribution in [3.05, 3.63) is 49.0 Å². The van der Waals surface area contributed by atoms with Gasteiger partial charge in [0.2, 0.25) is 0 Å². The average molecular weight is 375 g/mol. The summed E-state index contributed by atoms with van der Waals surface area (Å²) < 4.78 is 2.18. The number of halogens is 2. The molecule has 2 rings (SSSR count). The lowest BCUT2D eigenvalue weighted by Crippen LogP contribution is -2.06. The van der Waals surface area contributed by atoms with Gasteiger partial charge in [0.15, 0.2) is 0 Å². The van der Waals surface area contributed by atoms with Gasteiger partial charge < -0.3 is 5.32 Å². The molecule has 4 heteroatoms. The molecule has 0 radical (unpaired) electrons. The Labute approximate surface area is 123 Å². The predicted molar refractivity (Wildman–Crippen MR) is 82.9 cm³/mol. The molecule has 1 aromatic heterocycles. The van der Waals surface area contributed by atoms with Crippen LogP contribution in [0, 0.1) is 6.92 Å². The molecule has 0 fully saturated rings. The zero-order valence-electron chi connectivity index (χ0n) is 9.63. The van der Waals surface area contributed by atoms with Crippen molar-refractivity contribution in [2.75, 3.05) is 5.32 Å². The number of hydrogen-bond donors (Lipinski definition) is 1. The van der Waals surface area contributed by atoms with Crippen LogP contribution in [0.15, 0.2) is 38.6 Å². The molecule has 0 bridgehead atoms. The second-order valence-electron chi connectivity index (χ2n) is 3.99. The number of anilines is 1. The van der Waals surface area contributed by atoms with E-state index < -0.39 is 0 Å². The highest BCUT2D eigenvalue weighted by atomic mass is 79.9. The van der Waals surface area contributed by atoms with E-state index in [1.807, 2.05) is 0 Å². The third-order valence-corrected chi connectivity index (χ3v) is 4.82. The molecule has 0 saturated heterocycles. The molecule has 1 aromatic carbocycles. The molecule has 0 saturated carbocycles. The van der Waals surface area contributed by atoms with Crippen LogP contribution in [0.5, 0.6) is 0 Å². The molecule has 0 spiro atoms. The molecule has 2 aromatic rings. The first kappa shape index (κ1) is 13.1. The van der Waals surface area contributed by atoms with Crippen LogP contribution in [0.25, 0.3) is 0 Å². The Morgan fingerprint density at radius 3 is 2.41 bits per heavy atom. The summed E-state index contributed by atoms with van der Waals surface area (Å²) in [5.41, 5.74) is 2.34. The molecule has 1 atom stereocenters. The fraction of sp³-hybridized carbons (Fsp3) is 0.231. The first-order chi connectivity index (χ1) is 8.08. The summed E-state index contributed by atoms with van der Waals surface area (Å²) in [4.78, 5) is 1.34. The van der Waals surface area contributed by atoms with Crippen LogP contribution < -0.4 is 5.32 Å². The summed E-state index contributed by atoms with van der Waals surface area (Å²) in [6.07, 6.45) is 0. The van der Waals surface area contributed by atoms with Crippen molar-refractivity contribution in [3.8, 4) is 0 Å². The van der Waals surface area contributed by atoms with E-state index in [-0.39, 0.29) is 0 Å². The lowest BCUT2D eigenvalue weighted by molar-refractivity contribution is 0.905. The lowest BCUT2D eigenvalue weighted by atomic mass is 10.2. The largest absolute Gasteiger partial charge is 0.376 e. The van der Waals surface area contributed by atoms with Gasteiger partial charge in [0.1, 0.15) is 0 Å². The van der Waals surface area contributed by atoms with Crippen LogP contribution >= 0.6 is 43.2 Å². The maximum atomic E-state index is 3.60. The second-order valence-corrected chi connectivity index (χ2v) is 6.67. The first-order valence-electron chi connectivity index (χ1n) is 5.33. The van der Waals surface area contributed by atoms with E-state index in [0.717, 1.165) is 14.6 Å². The van der Waals surface area contributed by atoms with Crippen LogP contribution in [-0.2, 0) is 0 Å². The third kappa shape index (κ3) is 3.12. The average Bonchev–Trinajstić information content (AvgIpc) is 2.76. The Morgan fingerprint density at radius 2 is 1.88 bits per heavy atom. The SMILES string of the molecule is Cc1cc(Br)c(NC(C)c2cccs2)c(Br)c1. The molecule has 1 N–H and O–H groups in total. The molecule has 1 heterocycles. The van der Waals surface area contributed by atoms with E-state index >= 15 is 0 Å². The van der Waals surface area contributed by atoms with Crippen molar-refractivity contribution < 1.29 is 0 Å². The molecular weight excluding hydrogens is 362 g/mol. The second kappa shape index (κ2) is 5.55. The summed E-state index contributed by atoms with van der Waals surface area (Å²) in [6.45, 7) is 4.26. The minimum atomic E-state index is 0.310. The number of thiophene rings is 1. The van der Waals surface area contributed by atoms with Crippen molar-refractivity contribution in [2.24, 2.45) is 0 Å². The summed E-state index contributed by atoms with van der Waals surface area (Å²) in [7, 11) is 0. The van der Waals surface area contributed by atoms with Gasteiger partial charge >= 0.3 is 0 Å². The molecule has 17 heavy (non-hydrogen) atoms. The Balaban J connectivity index is 2.25. The number of rotatable bonds is 3. The van der Waals surface area contributed by atoms with Crippen LogP contribution in [0.1, 0.15) is 23.4 Å². The van der Waals surface area contributed by atoms with E-state index in [1.54, 1.807) is 11.3 Å². The van der Waals surface area contributed by atoms with Crippen LogP contribution in [0.4, 0.5) is 5.69 Å². The standard InChI is InChI=1S/C13H13Br2NS/c1-8-6-10(14)13(11(15)7-8)16-9(2)12-4-3-5-17-12/h3-7,9,16H,1-2H3. The minimum absolute atomic E-state index is 0.310. The van der Waals surface area contributed by atoms with Gasteiger partial charge in [-0.15, -0.1) is 11.3 Å². The Bertz CT molecular complexity index is 485. The molecule has 1 unspecified atom stereocenters. The van der Waals surface area contributed by atoms with Gasteiger partial charge in [0.25, 0.3) is 0 Å². The molecule has 0 amide bonds. The third-order valence-electron chi connectivity index (χ3n) is 2.52. The van der Waals surface area contributed by atoms with Gasteiger partial charge in [-0.25, -0.2) is 0 Å². The molecular formula is C13H13Br2NS. The van der Waals surface area contributed by atoms with Crippen molar-refractivity contribution in [2.45, 2.75) is 19.9 Å². The van der Waals surface area contributed by atoms with E-state index in [9.17, 15) is 0 Å². The predicted octanol–water partition coefficient (Wildman–Crippen LogP) is 5.75. The zero-order chi connectivity index (χ0) is 12.4. The molecule has 0 aliphatic rings. The number of hydrogen-bond acceptors (Lipinski definition) is 2. The monoisotopic (exact) mass is 373 g/mol. The van der Waals surface area contributed by atoms with Crippen molar-refractivity contribution >= 4 is 48.9 Å².